The van der Waals surface area contributed by atoms with Crippen molar-refractivity contribution in [1.82, 2.24) is 0 Å². The highest BCUT2D eigenvalue weighted by molar-refractivity contribution is 6.00. The second-order valence-corrected chi connectivity index (χ2v) is 4.19. The van der Waals surface area contributed by atoms with E-state index in [-0.39, 0.29) is 0 Å². The van der Waals surface area contributed by atoms with E-state index in [0.29, 0.717) is 0 Å². The monoisotopic (exact) mass is 373 g/mol. The van der Waals surface area contributed by atoms with E-state index >= 15 is 0 Å². The molecular formula is C24H43N3. The molecular weight excluding hydrogens is 330 g/mol. The second-order valence-electron chi connectivity index (χ2n) is 4.19. The Labute approximate surface area is 168 Å². The molecule has 0 unspecified atom stereocenters. The molecule has 3 heteroatoms. The standard InChI is InChI=1S/C10H10N2.C5H9N.C3H6.3C2H6/c11-9-5-6-10(12)8-4-2-1-3-7(8)9;1-3-5(6)4-2;1-3-2;3*1-2/h1-6H,11-12H2;3-4H,1,6H2,2H3;3H,1H2,2H3;3*1-2H3/b;5-4+;;;;. The summed E-state index contributed by atoms with van der Waals surface area (Å²) >= 11 is 0. The number of nitrogen functional groups attached to an aromatic ring is 2. The number of anilines is 2. The lowest BCUT2D eigenvalue weighted by Gasteiger charge is -2.03. The molecule has 0 fully saturated rings. The summed E-state index contributed by atoms with van der Waals surface area (Å²) < 4.78 is 0. The Morgan fingerprint density at radius 3 is 1.22 bits per heavy atom. The maximum atomic E-state index is 5.77. The predicted molar refractivity (Wildman–Crippen MR) is 131 cm³/mol. The van der Waals surface area contributed by atoms with Crippen LogP contribution in [0.3, 0.4) is 0 Å². The molecule has 3 nitrogen and oxygen atoms in total. The van der Waals surface area contributed by atoms with Crippen LogP contribution in [0, 0.1) is 0 Å². The van der Waals surface area contributed by atoms with E-state index in [1.54, 1.807) is 18.2 Å². The normalized spacial score (nSPS) is 8.22. The number of nitrogens with two attached hydrogens (primary N) is 3. The highest BCUT2D eigenvalue weighted by atomic mass is 14.6. The third-order valence-corrected chi connectivity index (χ3v) is 2.56. The van der Waals surface area contributed by atoms with Crippen LogP contribution in [-0.2, 0) is 0 Å². The van der Waals surface area contributed by atoms with Gasteiger partial charge >= 0.3 is 0 Å². The van der Waals surface area contributed by atoms with E-state index in [9.17, 15) is 0 Å². The first-order chi connectivity index (χ1) is 13.0. The van der Waals surface area contributed by atoms with Crippen LogP contribution >= 0.6 is 0 Å². The van der Waals surface area contributed by atoms with Gasteiger partial charge in [-0.15, -0.1) is 6.58 Å². The molecule has 0 aliphatic heterocycles. The predicted octanol–water partition coefficient (Wildman–Crippen LogP) is 7.31. The van der Waals surface area contributed by atoms with Crippen LogP contribution < -0.4 is 17.2 Å². The van der Waals surface area contributed by atoms with Crippen molar-refractivity contribution in [3.63, 3.8) is 0 Å². The molecule has 27 heavy (non-hydrogen) atoms. The summed E-state index contributed by atoms with van der Waals surface area (Å²) in [4.78, 5) is 0. The Bertz CT molecular complexity index is 574. The van der Waals surface area contributed by atoms with Gasteiger partial charge in [-0.05, 0) is 32.1 Å². The molecule has 0 amide bonds. The number of allylic oxidation sites excluding steroid dienone is 3. The number of fused-ring (bicyclic) bond motifs is 1. The van der Waals surface area contributed by atoms with Gasteiger partial charge in [0.05, 0.1) is 0 Å². The van der Waals surface area contributed by atoms with Crippen LogP contribution in [0.25, 0.3) is 10.8 Å². The minimum absolute atomic E-state index is 0.731. The van der Waals surface area contributed by atoms with E-state index < -0.39 is 0 Å². The zero-order valence-corrected chi connectivity index (χ0v) is 18.8. The van der Waals surface area contributed by atoms with Crippen molar-refractivity contribution >= 4 is 22.1 Å². The van der Waals surface area contributed by atoms with Crippen LogP contribution in [0.4, 0.5) is 11.4 Å². The quantitative estimate of drug-likeness (QED) is 0.278. The Kier molecular flexibility index (Phi) is 30.3. The molecule has 154 valence electrons. The van der Waals surface area contributed by atoms with Gasteiger partial charge in [-0.2, -0.15) is 0 Å². The zero-order chi connectivity index (χ0) is 22.3. The van der Waals surface area contributed by atoms with Gasteiger partial charge in [0.15, 0.2) is 0 Å². The van der Waals surface area contributed by atoms with Gasteiger partial charge in [0.2, 0.25) is 0 Å². The molecule has 0 saturated heterocycles. The topological polar surface area (TPSA) is 78.1 Å². The highest BCUT2D eigenvalue weighted by Crippen LogP contribution is 2.25. The molecule has 6 N–H and O–H groups in total. The molecule has 0 aromatic heterocycles. The summed E-state index contributed by atoms with van der Waals surface area (Å²) in [5.74, 6) is 0. The fourth-order valence-corrected chi connectivity index (χ4v) is 1.46. The first kappa shape index (κ1) is 32.0. The van der Waals surface area contributed by atoms with E-state index in [4.69, 9.17) is 17.2 Å². The van der Waals surface area contributed by atoms with Gasteiger partial charge in [-0.25, -0.2) is 0 Å². The molecule has 0 bridgehead atoms. The number of benzene rings is 2. The molecule has 0 saturated carbocycles. The van der Waals surface area contributed by atoms with Crippen molar-refractivity contribution < 1.29 is 0 Å². The smallest absolute Gasteiger partial charge is 0.0395 e. The molecule has 0 atom stereocenters. The Morgan fingerprint density at radius 1 is 0.741 bits per heavy atom. The van der Waals surface area contributed by atoms with Gasteiger partial charge in [-0.1, -0.05) is 84.5 Å². The van der Waals surface area contributed by atoms with Gasteiger partial charge in [0.1, 0.15) is 0 Å². The summed E-state index contributed by atoms with van der Waals surface area (Å²) in [7, 11) is 0. The van der Waals surface area contributed by atoms with E-state index in [0.717, 1.165) is 27.8 Å². The largest absolute Gasteiger partial charge is 0.399 e. The summed E-state index contributed by atoms with van der Waals surface area (Å²) in [6.07, 6.45) is 5.16. The third-order valence-electron chi connectivity index (χ3n) is 2.56. The maximum Gasteiger partial charge on any atom is 0.0395 e. The molecule has 0 spiro atoms. The van der Waals surface area contributed by atoms with Crippen molar-refractivity contribution in [2.75, 3.05) is 11.5 Å². The highest BCUT2D eigenvalue weighted by Gasteiger charge is 1.98. The molecule has 2 aromatic rings. The van der Waals surface area contributed by atoms with Crippen molar-refractivity contribution in [1.29, 1.82) is 0 Å². The molecule has 0 aliphatic carbocycles. The first-order valence-electron chi connectivity index (χ1n) is 9.65. The van der Waals surface area contributed by atoms with E-state index in [1.165, 1.54) is 0 Å². The number of hydrogen-bond donors (Lipinski definition) is 3. The fourth-order valence-electron chi connectivity index (χ4n) is 1.46. The Balaban J connectivity index is -0.000000150. The Hall–Kier alpha value is -2.68. The molecule has 2 aromatic carbocycles. The molecule has 2 rings (SSSR count). The summed E-state index contributed by atoms with van der Waals surface area (Å²) in [6.45, 7) is 22.6. The minimum atomic E-state index is 0.731. The van der Waals surface area contributed by atoms with E-state index in [2.05, 4.69) is 13.2 Å². The van der Waals surface area contributed by atoms with Gasteiger partial charge in [0.25, 0.3) is 0 Å². The van der Waals surface area contributed by atoms with E-state index in [1.807, 2.05) is 91.8 Å². The van der Waals surface area contributed by atoms with Crippen LogP contribution in [0.15, 0.2) is 73.5 Å². The lowest BCUT2D eigenvalue weighted by molar-refractivity contribution is 1.40. The Morgan fingerprint density at radius 2 is 1.04 bits per heavy atom. The number of rotatable bonds is 1. The lowest BCUT2D eigenvalue weighted by atomic mass is 10.1. The van der Waals surface area contributed by atoms with Gasteiger partial charge in [-0.3, -0.25) is 0 Å². The molecule has 0 aliphatic rings. The van der Waals surface area contributed by atoms with Crippen molar-refractivity contribution in [3.8, 4) is 0 Å². The van der Waals surface area contributed by atoms with Crippen LogP contribution in [-0.4, -0.2) is 0 Å². The van der Waals surface area contributed by atoms with Crippen LogP contribution in [0.1, 0.15) is 55.4 Å². The molecule has 0 heterocycles. The zero-order valence-electron chi connectivity index (χ0n) is 18.8. The van der Waals surface area contributed by atoms with Crippen molar-refractivity contribution in [2.45, 2.75) is 55.4 Å². The average molecular weight is 374 g/mol. The molecule has 0 radical (unpaired) electrons. The summed E-state index contributed by atoms with van der Waals surface area (Å²) in [6, 6.07) is 11.5. The number of hydrogen-bond acceptors (Lipinski definition) is 3. The van der Waals surface area contributed by atoms with Gasteiger partial charge < -0.3 is 17.2 Å². The minimum Gasteiger partial charge on any atom is -0.399 e. The SMILES string of the molecule is C=C/C(N)=C\C.C=CC.CC.CC.CC.Nc1ccc(N)c2ccccc12. The average Bonchev–Trinajstić information content (AvgIpc) is 2.76. The first-order valence-corrected chi connectivity index (χ1v) is 9.65. The van der Waals surface area contributed by atoms with Gasteiger partial charge in [0, 0.05) is 27.8 Å². The van der Waals surface area contributed by atoms with Crippen molar-refractivity contribution in [2.24, 2.45) is 5.73 Å². The maximum absolute atomic E-state index is 5.77. The fraction of sp³-hybridized carbons (Fsp3) is 0.333. The van der Waals surface area contributed by atoms with Crippen LogP contribution in [0.2, 0.25) is 0 Å². The summed E-state index contributed by atoms with van der Waals surface area (Å²) in [5.41, 5.74) is 19.0. The van der Waals surface area contributed by atoms with Crippen molar-refractivity contribution in [3.05, 3.63) is 73.5 Å². The van der Waals surface area contributed by atoms with Crippen LogP contribution in [0.5, 0.6) is 0 Å². The second kappa shape index (κ2) is 25.6. The summed E-state index contributed by atoms with van der Waals surface area (Å²) in [5, 5.41) is 2.05. The lowest BCUT2D eigenvalue weighted by Crippen LogP contribution is -1.91. The third kappa shape index (κ3) is 16.5.